The molecule has 0 aliphatic heterocycles. The number of hydrogen-bond acceptors (Lipinski definition) is 3. The summed E-state index contributed by atoms with van der Waals surface area (Å²) in [6.07, 6.45) is 5.68. The van der Waals surface area contributed by atoms with Crippen molar-refractivity contribution in [2.24, 2.45) is 5.92 Å². The van der Waals surface area contributed by atoms with Gasteiger partial charge in [-0.15, -0.1) is 0 Å². The second-order valence-electron chi connectivity index (χ2n) is 4.81. The average molecular weight is 253 g/mol. The summed E-state index contributed by atoms with van der Waals surface area (Å²) in [7, 11) is -4.27. The third kappa shape index (κ3) is 5.77. The summed E-state index contributed by atoms with van der Waals surface area (Å²) >= 11 is 0. The molecule has 6 heteroatoms. The van der Waals surface area contributed by atoms with Gasteiger partial charge < -0.3 is 0 Å². The van der Waals surface area contributed by atoms with Gasteiger partial charge in [-0.25, -0.2) is 4.39 Å². The minimum Gasteiger partial charge on any atom is -0.285 e. The van der Waals surface area contributed by atoms with Crippen LogP contribution in [0.25, 0.3) is 0 Å². The monoisotopic (exact) mass is 253 g/mol. The van der Waals surface area contributed by atoms with Crippen LogP contribution in [0.4, 0.5) is 4.39 Å². The Morgan fingerprint density at radius 2 is 1.94 bits per heavy atom. The molecule has 0 amide bonds. The molecule has 1 rings (SSSR count). The van der Waals surface area contributed by atoms with Crippen LogP contribution in [0.2, 0.25) is 0 Å². The fourth-order valence-corrected chi connectivity index (χ4v) is 2.93. The highest BCUT2D eigenvalue weighted by atomic mass is 32.2. The SMILES string of the molecule is C[C@@](F)(CS(=O)(=O)O)NCC1CCCCC1. The Balaban J connectivity index is 2.34. The molecular weight excluding hydrogens is 233 g/mol. The molecule has 1 fully saturated rings. The third-order valence-corrected chi connectivity index (χ3v) is 3.84. The van der Waals surface area contributed by atoms with Crippen molar-refractivity contribution in [1.29, 1.82) is 0 Å². The standard InChI is InChI=1S/C10H20FNO3S/c1-10(11,8-16(13,14)15)12-7-9-5-3-2-4-6-9/h9,12H,2-8H2,1H3,(H,13,14,15)/t10-/m0/s1. The van der Waals surface area contributed by atoms with E-state index in [9.17, 15) is 12.8 Å². The number of rotatable bonds is 5. The van der Waals surface area contributed by atoms with Crippen LogP contribution in [0, 0.1) is 5.92 Å². The van der Waals surface area contributed by atoms with E-state index in [0.29, 0.717) is 12.5 Å². The Morgan fingerprint density at radius 3 is 2.44 bits per heavy atom. The number of hydrogen-bond donors (Lipinski definition) is 2. The van der Waals surface area contributed by atoms with Gasteiger partial charge in [0.2, 0.25) is 0 Å². The van der Waals surface area contributed by atoms with Crippen LogP contribution in [0.15, 0.2) is 0 Å². The molecule has 0 bridgehead atoms. The van der Waals surface area contributed by atoms with Crippen LogP contribution in [0.5, 0.6) is 0 Å². The Kier molecular flexibility index (Phi) is 4.70. The first-order chi connectivity index (χ1) is 7.29. The van der Waals surface area contributed by atoms with E-state index >= 15 is 0 Å². The molecule has 0 spiro atoms. The molecule has 0 aromatic carbocycles. The fourth-order valence-electron chi connectivity index (χ4n) is 2.14. The van der Waals surface area contributed by atoms with Crippen molar-refractivity contribution in [3.8, 4) is 0 Å². The first-order valence-corrected chi connectivity index (χ1v) is 7.28. The molecule has 0 unspecified atom stereocenters. The van der Waals surface area contributed by atoms with Gasteiger partial charge in [0.25, 0.3) is 10.1 Å². The smallest absolute Gasteiger partial charge is 0.269 e. The van der Waals surface area contributed by atoms with E-state index in [1.807, 2.05) is 0 Å². The zero-order chi connectivity index (χ0) is 12.2. The molecule has 1 aliphatic rings. The van der Waals surface area contributed by atoms with Crippen LogP contribution < -0.4 is 5.32 Å². The quantitative estimate of drug-likeness (QED) is 0.578. The molecule has 1 saturated carbocycles. The lowest BCUT2D eigenvalue weighted by molar-refractivity contribution is 0.149. The molecule has 1 aliphatic carbocycles. The zero-order valence-corrected chi connectivity index (χ0v) is 10.4. The van der Waals surface area contributed by atoms with Gasteiger partial charge in [0.15, 0.2) is 5.79 Å². The van der Waals surface area contributed by atoms with Gasteiger partial charge in [0, 0.05) is 6.54 Å². The molecule has 2 N–H and O–H groups in total. The van der Waals surface area contributed by atoms with E-state index in [-0.39, 0.29) is 0 Å². The van der Waals surface area contributed by atoms with Crippen molar-refractivity contribution >= 4 is 10.1 Å². The van der Waals surface area contributed by atoms with E-state index in [4.69, 9.17) is 4.55 Å². The summed E-state index contributed by atoms with van der Waals surface area (Å²) in [4.78, 5) is 0. The van der Waals surface area contributed by atoms with Crippen LogP contribution in [-0.2, 0) is 10.1 Å². The normalized spacial score (nSPS) is 22.9. The third-order valence-electron chi connectivity index (χ3n) is 2.94. The summed E-state index contributed by atoms with van der Waals surface area (Å²) in [6, 6.07) is 0. The maximum absolute atomic E-state index is 13.7. The lowest BCUT2D eigenvalue weighted by Crippen LogP contribution is -2.46. The molecule has 96 valence electrons. The summed E-state index contributed by atoms with van der Waals surface area (Å²) in [5, 5.41) is 2.58. The maximum Gasteiger partial charge on any atom is 0.269 e. The Bertz CT molecular complexity index is 310. The molecule has 0 aromatic rings. The van der Waals surface area contributed by atoms with Gasteiger partial charge in [-0.2, -0.15) is 8.42 Å². The highest BCUT2D eigenvalue weighted by Gasteiger charge is 2.30. The molecule has 4 nitrogen and oxygen atoms in total. The Labute approximate surface area is 96.4 Å². The van der Waals surface area contributed by atoms with Crippen molar-refractivity contribution in [2.45, 2.75) is 44.8 Å². The van der Waals surface area contributed by atoms with E-state index in [1.54, 1.807) is 0 Å². The zero-order valence-electron chi connectivity index (χ0n) is 9.58. The average Bonchev–Trinajstić information content (AvgIpc) is 2.13. The van der Waals surface area contributed by atoms with Crippen LogP contribution in [0.3, 0.4) is 0 Å². The molecule has 0 saturated heterocycles. The number of nitrogens with one attached hydrogen (secondary N) is 1. The fraction of sp³-hybridized carbons (Fsp3) is 1.00. The number of halogens is 1. The van der Waals surface area contributed by atoms with E-state index in [2.05, 4.69) is 5.32 Å². The Morgan fingerprint density at radius 1 is 1.38 bits per heavy atom. The van der Waals surface area contributed by atoms with Crippen LogP contribution in [-0.4, -0.2) is 31.1 Å². The molecule has 0 aromatic heterocycles. The summed E-state index contributed by atoms with van der Waals surface area (Å²) in [6.45, 7) is 1.62. The first kappa shape index (κ1) is 13.9. The summed E-state index contributed by atoms with van der Waals surface area (Å²) < 4.78 is 43.4. The van der Waals surface area contributed by atoms with Gasteiger partial charge >= 0.3 is 0 Å². The lowest BCUT2D eigenvalue weighted by Gasteiger charge is -2.26. The summed E-state index contributed by atoms with van der Waals surface area (Å²) in [5.74, 6) is -2.53. The minimum absolute atomic E-state index is 0.422. The van der Waals surface area contributed by atoms with Gasteiger partial charge in [-0.1, -0.05) is 19.3 Å². The van der Waals surface area contributed by atoms with Crippen molar-refractivity contribution in [2.75, 3.05) is 12.3 Å². The topological polar surface area (TPSA) is 66.4 Å². The minimum atomic E-state index is -4.27. The van der Waals surface area contributed by atoms with E-state index in [1.165, 1.54) is 6.42 Å². The second kappa shape index (κ2) is 5.42. The highest BCUT2D eigenvalue weighted by Crippen LogP contribution is 2.23. The van der Waals surface area contributed by atoms with Crippen molar-refractivity contribution < 1.29 is 17.4 Å². The van der Waals surface area contributed by atoms with Gasteiger partial charge in [0.05, 0.1) is 0 Å². The predicted octanol–water partition coefficient (Wildman–Crippen LogP) is 1.73. The molecule has 0 heterocycles. The van der Waals surface area contributed by atoms with E-state index in [0.717, 1.165) is 32.6 Å². The van der Waals surface area contributed by atoms with Gasteiger partial charge in [-0.3, -0.25) is 9.87 Å². The van der Waals surface area contributed by atoms with Crippen molar-refractivity contribution in [3.05, 3.63) is 0 Å². The molecule has 0 radical (unpaired) electrons. The largest absolute Gasteiger partial charge is 0.285 e. The first-order valence-electron chi connectivity index (χ1n) is 5.68. The van der Waals surface area contributed by atoms with Crippen LogP contribution >= 0.6 is 0 Å². The second-order valence-corrected chi connectivity index (χ2v) is 6.26. The van der Waals surface area contributed by atoms with Crippen molar-refractivity contribution in [1.82, 2.24) is 5.32 Å². The molecule has 16 heavy (non-hydrogen) atoms. The lowest BCUT2D eigenvalue weighted by atomic mass is 9.89. The molecule has 1 atom stereocenters. The Hall–Kier alpha value is -0.200. The van der Waals surface area contributed by atoms with Crippen molar-refractivity contribution in [3.63, 3.8) is 0 Å². The van der Waals surface area contributed by atoms with Gasteiger partial charge in [0.1, 0.15) is 5.75 Å². The number of alkyl halides is 1. The maximum atomic E-state index is 13.7. The highest BCUT2D eigenvalue weighted by molar-refractivity contribution is 7.85. The van der Waals surface area contributed by atoms with Crippen LogP contribution in [0.1, 0.15) is 39.0 Å². The predicted molar refractivity (Wildman–Crippen MR) is 60.5 cm³/mol. The molecular formula is C10H20FNO3S. The van der Waals surface area contributed by atoms with Gasteiger partial charge in [-0.05, 0) is 25.7 Å². The van der Waals surface area contributed by atoms with E-state index < -0.39 is 21.7 Å². The summed E-state index contributed by atoms with van der Waals surface area (Å²) in [5.41, 5.74) is 0.